The van der Waals surface area contributed by atoms with Crippen molar-refractivity contribution in [3.8, 4) is 5.69 Å². The number of para-hydroxylation sites is 2. The lowest BCUT2D eigenvalue weighted by Gasteiger charge is -2.24. The largest absolute Gasteiger partial charge is 0.349 e. The Morgan fingerprint density at radius 1 is 1.18 bits per heavy atom. The van der Waals surface area contributed by atoms with Crippen LogP contribution < -0.4 is 10.9 Å². The molecule has 9 heteroatoms. The van der Waals surface area contributed by atoms with Crippen LogP contribution in [0.3, 0.4) is 0 Å². The first-order valence-electron chi connectivity index (χ1n) is 10.8. The Hall–Kier alpha value is -2.65. The van der Waals surface area contributed by atoms with Crippen LogP contribution in [0.5, 0.6) is 0 Å². The number of nitrogens with one attached hydrogen (secondary N) is 1. The fourth-order valence-electron chi connectivity index (χ4n) is 4.21. The molecule has 1 fully saturated rings. The van der Waals surface area contributed by atoms with Crippen LogP contribution in [-0.2, 0) is 14.6 Å². The van der Waals surface area contributed by atoms with E-state index in [1.807, 2.05) is 30.3 Å². The average Bonchev–Trinajstić information content (AvgIpc) is 3.04. The summed E-state index contributed by atoms with van der Waals surface area (Å²) in [7, 11) is -3.13. The molecule has 1 atom stereocenters. The van der Waals surface area contributed by atoms with E-state index in [4.69, 9.17) is 4.98 Å². The van der Waals surface area contributed by atoms with Gasteiger partial charge in [-0.2, -0.15) is 0 Å². The van der Waals surface area contributed by atoms with Crippen LogP contribution in [0.25, 0.3) is 16.6 Å². The molecule has 0 spiro atoms. The van der Waals surface area contributed by atoms with Gasteiger partial charge in [0.15, 0.2) is 15.0 Å². The molecular formula is C24H27N3O4S2. The fourth-order valence-corrected chi connectivity index (χ4v) is 7.11. The van der Waals surface area contributed by atoms with E-state index in [1.165, 1.54) is 11.8 Å². The highest BCUT2D eigenvalue weighted by Gasteiger charge is 2.39. The van der Waals surface area contributed by atoms with Gasteiger partial charge in [0.1, 0.15) is 0 Å². The molecule has 1 aliphatic rings. The number of carbonyl (C=O) groups is 1. The van der Waals surface area contributed by atoms with Crippen LogP contribution in [0.4, 0.5) is 0 Å². The summed E-state index contributed by atoms with van der Waals surface area (Å²) in [6.07, 6.45) is 0.395. The van der Waals surface area contributed by atoms with Crippen LogP contribution in [0.2, 0.25) is 0 Å². The molecule has 2 heterocycles. The first-order valence-corrected chi connectivity index (χ1v) is 13.6. The average molecular weight is 486 g/mol. The van der Waals surface area contributed by atoms with Crippen molar-refractivity contribution in [3.05, 3.63) is 64.4 Å². The number of hydrogen-bond acceptors (Lipinski definition) is 6. The summed E-state index contributed by atoms with van der Waals surface area (Å²) in [5.74, 6) is -0.0635. The van der Waals surface area contributed by atoms with Gasteiger partial charge in [0.2, 0.25) is 5.91 Å². The van der Waals surface area contributed by atoms with Gasteiger partial charge in [0.25, 0.3) is 5.56 Å². The number of nitrogens with zero attached hydrogens (tertiary/aromatic N) is 2. The lowest BCUT2D eigenvalue weighted by molar-refractivity contribution is -0.120. The molecule has 1 amide bonds. The van der Waals surface area contributed by atoms with Gasteiger partial charge in [0, 0.05) is 0 Å². The van der Waals surface area contributed by atoms with Crippen molar-refractivity contribution in [1.29, 1.82) is 0 Å². The van der Waals surface area contributed by atoms with Crippen LogP contribution in [0, 0.1) is 0 Å². The number of sulfone groups is 1. The first-order chi connectivity index (χ1) is 15.6. The van der Waals surface area contributed by atoms with E-state index in [-0.39, 0.29) is 34.6 Å². The second kappa shape index (κ2) is 8.95. The van der Waals surface area contributed by atoms with E-state index in [2.05, 4.69) is 19.2 Å². The molecule has 174 valence electrons. The summed E-state index contributed by atoms with van der Waals surface area (Å²) in [5.41, 5.74) is 1.36. The van der Waals surface area contributed by atoms with E-state index in [0.29, 0.717) is 22.5 Å². The third-order valence-corrected chi connectivity index (χ3v) is 8.66. The zero-order valence-electron chi connectivity index (χ0n) is 18.9. The van der Waals surface area contributed by atoms with Gasteiger partial charge in [-0.25, -0.2) is 13.4 Å². The number of aromatic nitrogens is 2. The van der Waals surface area contributed by atoms with E-state index < -0.39 is 15.4 Å². The standard InChI is InChI=1S/C24H27N3O4S2/c1-16(2)17-8-5-7-11-20(17)27-22(29)18-9-4-6-10-19(18)25-23(27)32-14-21(28)26-24(3)12-13-33(30,31)15-24/h4-11,16H,12-15H2,1-3H3,(H,26,28). The maximum absolute atomic E-state index is 13.5. The fraction of sp³-hybridized carbons (Fsp3) is 0.375. The Morgan fingerprint density at radius 3 is 2.58 bits per heavy atom. The van der Waals surface area contributed by atoms with Gasteiger partial charge < -0.3 is 5.32 Å². The molecular weight excluding hydrogens is 458 g/mol. The number of fused-ring (bicyclic) bond motifs is 1. The van der Waals surface area contributed by atoms with Crippen LogP contribution >= 0.6 is 11.8 Å². The first kappa shape index (κ1) is 23.5. The molecule has 1 aliphatic heterocycles. The van der Waals surface area contributed by atoms with Crippen molar-refractivity contribution in [2.24, 2.45) is 0 Å². The number of rotatable bonds is 6. The van der Waals surface area contributed by atoms with E-state index in [0.717, 1.165) is 11.3 Å². The van der Waals surface area contributed by atoms with Crippen molar-refractivity contribution in [2.75, 3.05) is 17.3 Å². The minimum Gasteiger partial charge on any atom is -0.349 e. The Bertz CT molecular complexity index is 1380. The summed E-state index contributed by atoms with van der Waals surface area (Å²) in [5, 5.41) is 3.80. The topological polar surface area (TPSA) is 98.1 Å². The van der Waals surface area contributed by atoms with Gasteiger partial charge in [-0.05, 0) is 43.0 Å². The maximum atomic E-state index is 13.5. The summed E-state index contributed by atoms with van der Waals surface area (Å²) in [6.45, 7) is 5.88. The lowest BCUT2D eigenvalue weighted by Crippen LogP contribution is -2.47. The Balaban J connectivity index is 1.70. The number of amides is 1. The number of benzene rings is 2. The Kier molecular flexibility index (Phi) is 6.37. The van der Waals surface area contributed by atoms with E-state index >= 15 is 0 Å². The molecule has 0 saturated carbocycles. The van der Waals surface area contributed by atoms with E-state index in [9.17, 15) is 18.0 Å². The Labute approximate surface area is 197 Å². The van der Waals surface area contributed by atoms with Crippen LogP contribution in [0.15, 0.2) is 58.5 Å². The monoisotopic (exact) mass is 485 g/mol. The minimum absolute atomic E-state index is 0.0181. The molecule has 0 aliphatic carbocycles. The highest BCUT2D eigenvalue weighted by molar-refractivity contribution is 7.99. The van der Waals surface area contributed by atoms with E-state index in [1.54, 1.807) is 29.7 Å². The normalized spacial score (nSPS) is 19.8. The van der Waals surface area contributed by atoms with Gasteiger partial charge in [0.05, 0.1) is 39.4 Å². The number of carbonyl (C=O) groups excluding carboxylic acids is 1. The summed E-state index contributed by atoms with van der Waals surface area (Å²) in [6, 6.07) is 14.9. The van der Waals surface area contributed by atoms with Crippen molar-refractivity contribution < 1.29 is 13.2 Å². The number of hydrogen-bond donors (Lipinski definition) is 1. The third-order valence-electron chi connectivity index (χ3n) is 5.82. The highest BCUT2D eigenvalue weighted by atomic mass is 32.2. The summed E-state index contributed by atoms with van der Waals surface area (Å²) in [4.78, 5) is 30.9. The molecule has 3 aromatic rings. The molecule has 1 unspecified atom stereocenters. The summed E-state index contributed by atoms with van der Waals surface area (Å²) >= 11 is 1.17. The van der Waals surface area contributed by atoms with Crippen molar-refractivity contribution in [1.82, 2.24) is 14.9 Å². The maximum Gasteiger partial charge on any atom is 0.266 e. The molecule has 2 aromatic carbocycles. The molecule has 4 rings (SSSR count). The van der Waals surface area contributed by atoms with Gasteiger partial charge in [-0.1, -0.05) is 55.9 Å². The van der Waals surface area contributed by atoms with Crippen molar-refractivity contribution in [3.63, 3.8) is 0 Å². The Morgan fingerprint density at radius 2 is 1.88 bits per heavy atom. The smallest absolute Gasteiger partial charge is 0.266 e. The SMILES string of the molecule is CC(C)c1ccccc1-n1c(SCC(=O)NC2(C)CCS(=O)(=O)C2)nc2ccccc2c1=O. The molecule has 33 heavy (non-hydrogen) atoms. The van der Waals surface area contributed by atoms with Crippen molar-refractivity contribution in [2.45, 2.75) is 43.8 Å². The second-order valence-electron chi connectivity index (χ2n) is 9.01. The molecule has 7 nitrogen and oxygen atoms in total. The van der Waals surface area contributed by atoms with Gasteiger partial charge in [-0.3, -0.25) is 14.2 Å². The second-order valence-corrected chi connectivity index (χ2v) is 12.1. The molecule has 0 bridgehead atoms. The zero-order chi connectivity index (χ0) is 23.8. The quantitative estimate of drug-likeness (QED) is 0.425. The minimum atomic E-state index is -3.13. The highest BCUT2D eigenvalue weighted by Crippen LogP contribution is 2.28. The van der Waals surface area contributed by atoms with Gasteiger partial charge in [-0.15, -0.1) is 0 Å². The predicted molar refractivity (Wildman–Crippen MR) is 132 cm³/mol. The molecule has 1 N–H and O–H groups in total. The zero-order valence-corrected chi connectivity index (χ0v) is 20.5. The molecule has 1 saturated heterocycles. The molecule has 1 aromatic heterocycles. The summed E-state index contributed by atoms with van der Waals surface area (Å²) < 4.78 is 25.3. The molecule has 0 radical (unpaired) electrons. The number of thioether (sulfide) groups is 1. The van der Waals surface area contributed by atoms with Crippen LogP contribution in [-0.4, -0.2) is 46.7 Å². The van der Waals surface area contributed by atoms with Crippen molar-refractivity contribution >= 4 is 38.4 Å². The predicted octanol–water partition coefficient (Wildman–Crippen LogP) is 3.29. The third kappa shape index (κ3) is 4.99. The lowest BCUT2D eigenvalue weighted by atomic mass is 10.0. The van der Waals surface area contributed by atoms with Gasteiger partial charge >= 0.3 is 0 Å². The van der Waals surface area contributed by atoms with Crippen LogP contribution in [0.1, 0.15) is 38.7 Å².